The van der Waals surface area contributed by atoms with Crippen LogP contribution in [0.15, 0.2) is 10.7 Å². The van der Waals surface area contributed by atoms with E-state index in [0.29, 0.717) is 13.0 Å². The first-order valence-electron chi connectivity index (χ1n) is 7.86. The van der Waals surface area contributed by atoms with Gasteiger partial charge in [0.25, 0.3) is 0 Å². The van der Waals surface area contributed by atoms with E-state index in [9.17, 15) is 4.79 Å². The highest BCUT2D eigenvalue weighted by Gasteiger charge is 2.15. The predicted molar refractivity (Wildman–Crippen MR) is 93.2 cm³/mol. The number of nitrogens with one attached hydrogen (secondary N) is 1. The fourth-order valence-corrected chi connectivity index (χ4v) is 2.90. The van der Waals surface area contributed by atoms with E-state index < -0.39 is 0 Å². The highest BCUT2D eigenvalue weighted by atomic mass is 79.9. The minimum Gasteiger partial charge on any atom is -0.349 e. The van der Waals surface area contributed by atoms with Crippen LogP contribution in [-0.2, 0) is 17.9 Å². The molecule has 0 spiro atoms. The van der Waals surface area contributed by atoms with Gasteiger partial charge in [0.15, 0.2) is 0 Å². The third-order valence-electron chi connectivity index (χ3n) is 4.00. The van der Waals surface area contributed by atoms with Crippen molar-refractivity contribution in [2.24, 2.45) is 0 Å². The van der Waals surface area contributed by atoms with Gasteiger partial charge in [-0.25, -0.2) is 0 Å². The van der Waals surface area contributed by atoms with Crippen molar-refractivity contribution in [2.75, 3.05) is 0 Å². The summed E-state index contributed by atoms with van der Waals surface area (Å²) in [5, 5.41) is 11.9. The molecule has 7 heteroatoms. The molecule has 23 heavy (non-hydrogen) atoms. The standard InChI is InChI=1S/C16H24BrN5O/c1-6-21-9-14(11(3)19-21)10(2)18-15(23)7-8-22-13(5)16(17)12(4)20-22/h9-10H,6-8H2,1-5H3,(H,18,23). The van der Waals surface area contributed by atoms with Crippen molar-refractivity contribution in [3.05, 3.63) is 33.3 Å². The number of carbonyl (C=O) groups is 1. The van der Waals surface area contributed by atoms with E-state index in [1.165, 1.54) is 0 Å². The monoisotopic (exact) mass is 381 g/mol. The first-order chi connectivity index (χ1) is 10.8. The lowest BCUT2D eigenvalue weighted by Gasteiger charge is -2.13. The second kappa shape index (κ2) is 7.29. The van der Waals surface area contributed by atoms with Crippen LogP contribution < -0.4 is 5.32 Å². The molecule has 1 unspecified atom stereocenters. The Hall–Kier alpha value is -1.63. The lowest BCUT2D eigenvalue weighted by molar-refractivity contribution is -0.122. The van der Waals surface area contributed by atoms with E-state index in [2.05, 4.69) is 31.4 Å². The van der Waals surface area contributed by atoms with Crippen LogP contribution in [-0.4, -0.2) is 25.5 Å². The van der Waals surface area contributed by atoms with Gasteiger partial charge >= 0.3 is 0 Å². The van der Waals surface area contributed by atoms with Gasteiger partial charge in [-0.2, -0.15) is 10.2 Å². The van der Waals surface area contributed by atoms with Gasteiger partial charge in [0.1, 0.15) is 0 Å². The average Bonchev–Trinajstić information content (AvgIpc) is 3.00. The molecule has 126 valence electrons. The Bertz CT molecular complexity index is 704. The lowest BCUT2D eigenvalue weighted by Crippen LogP contribution is -2.28. The van der Waals surface area contributed by atoms with Crippen molar-refractivity contribution >= 4 is 21.8 Å². The highest BCUT2D eigenvalue weighted by molar-refractivity contribution is 9.10. The van der Waals surface area contributed by atoms with Crippen molar-refractivity contribution in [3.8, 4) is 0 Å². The van der Waals surface area contributed by atoms with Crippen LogP contribution in [0.1, 0.15) is 49.0 Å². The molecule has 0 aliphatic rings. The summed E-state index contributed by atoms with van der Waals surface area (Å²) in [6.07, 6.45) is 2.40. The van der Waals surface area contributed by atoms with Gasteiger partial charge in [-0.05, 0) is 50.5 Å². The van der Waals surface area contributed by atoms with Crippen LogP contribution >= 0.6 is 15.9 Å². The fourth-order valence-electron chi connectivity index (χ4n) is 2.61. The minimum absolute atomic E-state index is 0.0184. The maximum Gasteiger partial charge on any atom is 0.222 e. The fraction of sp³-hybridized carbons (Fsp3) is 0.562. The van der Waals surface area contributed by atoms with Crippen molar-refractivity contribution < 1.29 is 4.79 Å². The van der Waals surface area contributed by atoms with Crippen molar-refractivity contribution in [3.63, 3.8) is 0 Å². The summed E-state index contributed by atoms with van der Waals surface area (Å²) in [5.74, 6) is 0.0184. The van der Waals surface area contributed by atoms with Crippen molar-refractivity contribution in [2.45, 2.75) is 60.2 Å². The van der Waals surface area contributed by atoms with Crippen LogP contribution in [0.5, 0.6) is 0 Å². The summed E-state index contributed by atoms with van der Waals surface area (Å²) in [6.45, 7) is 11.3. The highest BCUT2D eigenvalue weighted by Crippen LogP contribution is 2.20. The van der Waals surface area contributed by atoms with E-state index in [1.54, 1.807) is 0 Å². The van der Waals surface area contributed by atoms with E-state index >= 15 is 0 Å². The number of nitrogens with zero attached hydrogens (tertiary/aromatic N) is 4. The van der Waals surface area contributed by atoms with Gasteiger partial charge in [-0.3, -0.25) is 14.2 Å². The van der Waals surface area contributed by atoms with Crippen LogP contribution in [0.4, 0.5) is 0 Å². The zero-order chi connectivity index (χ0) is 17.1. The van der Waals surface area contributed by atoms with Crippen LogP contribution in [0.2, 0.25) is 0 Å². The normalized spacial score (nSPS) is 12.4. The summed E-state index contributed by atoms with van der Waals surface area (Å²) in [7, 11) is 0. The Labute approximate surface area is 145 Å². The molecule has 1 N–H and O–H groups in total. The lowest BCUT2D eigenvalue weighted by atomic mass is 10.1. The van der Waals surface area contributed by atoms with E-state index in [-0.39, 0.29) is 11.9 Å². The molecule has 2 rings (SSSR count). The molecule has 1 atom stereocenters. The van der Waals surface area contributed by atoms with Crippen molar-refractivity contribution in [1.29, 1.82) is 0 Å². The van der Waals surface area contributed by atoms with Gasteiger partial charge in [0.05, 0.1) is 28.4 Å². The predicted octanol–water partition coefficient (Wildman–Crippen LogP) is 3.05. The van der Waals surface area contributed by atoms with Gasteiger partial charge < -0.3 is 5.32 Å². The molecule has 2 aromatic heterocycles. The number of rotatable bonds is 6. The zero-order valence-electron chi connectivity index (χ0n) is 14.4. The topological polar surface area (TPSA) is 64.7 Å². The molecule has 0 saturated carbocycles. The molecule has 0 bridgehead atoms. The maximum absolute atomic E-state index is 12.2. The molecular formula is C16H24BrN5O. The van der Waals surface area contributed by atoms with Crippen molar-refractivity contribution in [1.82, 2.24) is 24.9 Å². The number of amides is 1. The number of halogens is 1. The molecule has 2 aromatic rings. The number of hydrogen-bond donors (Lipinski definition) is 1. The third kappa shape index (κ3) is 4.02. The first kappa shape index (κ1) is 17.7. The number of carbonyl (C=O) groups excluding carboxylic acids is 1. The molecule has 0 radical (unpaired) electrons. The second-order valence-electron chi connectivity index (χ2n) is 5.77. The van der Waals surface area contributed by atoms with E-state index in [4.69, 9.17) is 0 Å². The Morgan fingerprint density at radius 3 is 2.52 bits per heavy atom. The number of aryl methyl sites for hydroxylation is 4. The van der Waals surface area contributed by atoms with E-state index in [0.717, 1.165) is 33.7 Å². The van der Waals surface area contributed by atoms with Gasteiger partial charge in [0, 0.05) is 30.4 Å². The summed E-state index contributed by atoms with van der Waals surface area (Å²) < 4.78 is 4.76. The van der Waals surface area contributed by atoms with Crippen LogP contribution in [0.25, 0.3) is 0 Å². The minimum atomic E-state index is -0.0463. The Morgan fingerprint density at radius 2 is 2.00 bits per heavy atom. The average molecular weight is 382 g/mol. The summed E-state index contributed by atoms with van der Waals surface area (Å²) in [6, 6.07) is -0.0463. The second-order valence-corrected chi connectivity index (χ2v) is 6.57. The molecule has 0 aliphatic carbocycles. The molecule has 2 heterocycles. The third-order valence-corrected chi connectivity index (χ3v) is 5.14. The first-order valence-corrected chi connectivity index (χ1v) is 8.65. The zero-order valence-corrected chi connectivity index (χ0v) is 15.9. The molecule has 6 nitrogen and oxygen atoms in total. The van der Waals surface area contributed by atoms with Gasteiger partial charge in [-0.15, -0.1) is 0 Å². The Balaban J connectivity index is 1.93. The molecule has 0 aliphatic heterocycles. The smallest absolute Gasteiger partial charge is 0.222 e. The molecule has 0 saturated heterocycles. The molecule has 1 amide bonds. The molecule has 0 fully saturated rings. The summed E-state index contributed by atoms with van der Waals surface area (Å²) in [4.78, 5) is 12.2. The van der Waals surface area contributed by atoms with Gasteiger partial charge in [0.2, 0.25) is 5.91 Å². The SMILES string of the molecule is CCn1cc(C(C)NC(=O)CCn2nc(C)c(Br)c2C)c(C)n1. The van der Waals surface area contributed by atoms with Crippen LogP contribution in [0.3, 0.4) is 0 Å². The number of aromatic nitrogens is 4. The van der Waals surface area contributed by atoms with Crippen LogP contribution in [0, 0.1) is 20.8 Å². The maximum atomic E-state index is 12.2. The Morgan fingerprint density at radius 1 is 1.30 bits per heavy atom. The summed E-state index contributed by atoms with van der Waals surface area (Å²) in [5.41, 5.74) is 4.01. The largest absolute Gasteiger partial charge is 0.349 e. The molecule has 0 aromatic carbocycles. The van der Waals surface area contributed by atoms with Gasteiger partial charge in [-0.1, -0.05) is 0 Å². The van der Waals surface area contributed by atoms with E-state index in [1.807, 2.05) is 50.2 Å². The Kier molecular flexibility index (Phi) is 5.62. The molecular weight excluding hydrogens is 358 g/mol. The summed E-state index contributed by atoms with van der Waals surface area (Å²) >= 11 is 3.50. The quantitative estimate of drug-likeness (QED) is 0.835. The number of hydrogen-bond acceptors (Lipinski definition) is 3.